The number of amides is 2. The molecule has 3 aromatic rings. The van der Waals surface area contributed by atoms with E-state index in [0.29, 0.717) is 23.1 Å². The number of alkyl halides is 1. The Morgan fingerprint density at radius 2 is 2.06 bits per heavy atom. The summed E-state index contributed by atoms with van der Waals surface area (Å²) >= 11 is 6.56. The van der Waals surface area contributed by atoms with E-state index in [1.807, 2.05) is 0 Å². The van der Waals surface area contributed by atoms with Crippen molar-refractivity contribution in [3.05, 3.63) is 86.8 Å². The molecule has 0 atom stereocenters. The number of anilines is 1. The van der Waals surface area contributed by atoms with Crippen molar-refractivity contribution in [3.8, 4) is 5.75 Å². The maximum Gasteiger partial charge on any atom is 0.263 e. The third-order valence-electron chi connectivity index (χ3n) is 5.58. The van der Waals surface area contributed by atoms with E-state index < -0.39 is 24.3 Å². The lowest BCUT2D eigenvalue weighted by Gasteiger charge is -2.20. The fourth-order valence-corrected chi connectivity index (χ4v) is 4.13. The number of benzene rings is 2. The molecule has 0 spiro atoms. The molecule has 0 saturated carbocycles. The van der Waals surface area contributed by atoms with Crippen LogP contribution in [0.3, 0.4) is 0 Å². The van der Waals surface area contributed by atoms with Crippen LogP contribution in [0.25, 0.3) is 0 Å². The van der Waals surface area contributed by atoms with Crippen LogP contribution >= 0.6 is 11.6 Å². The van der Waals surface area contributed by atoms with Gasteiger partial charge in [-0.15, -0.1) is 0 Å². The lowest BCUT2D eigenvalue weighted by Crippen LogP contribution is -2.33. The number of fused-ring (bicyclic) bond motifs is 1. The number of rotatable bonds is 5. The molecule has 2 aromatic carbocycles. The highest BCUT2D eigenvalue weighted by molar-refractivity contribution is 6.34. The Bertz CT molecular complexity index is 1270. The first kappa shape index (κ1) is 22.7. The Balaban J connectivity index is 1.75. The van der Waals surface area contributed by atoms with Crippen LogP contribution in [0.5, 0.6) is 5.75 Å². The zero-order valence-electron chi connectivity index (χ0n) is 17.7. The Hall–Kier alpha value is -3.52. The zero-order valence-corrected chi connectivity index (χ0v) is 18.5. The van der Waals surface area contributed by atoms with Crippen molar-refractivity contribution in [1.29, 1.82) is 0 Å². The van der Waals surface area contributed by atoms with Crippen LogP contribution in [0.4, 0.5) is 14.6 Å². The lowest BCUT2D eigenvalue weighted by atomic mass is 9.95. The summed E-state index contributed by atoms with van der Waals surface area (Å²) < 4.78 is 33.5. The number of nitrogens with two attached hydrogens (primary N) is 1. The van der Waals surface area contributed by atoms with Crippen LogP contribution in [-0.2, 0) is 13.1 Å². The van der Waals surface area contributed by atoms with Gasteiger partial charge in [0.1, 0.15) is 13.3 Å². The monoisotopic (exact) mass is 471 g/mol. The SMILES string of the molecule is Cc1c(Cc2ccc(C(N)=O)c(CF)c2)cc2c(c1Cl)OCCN(c1ncccc1F)C2=O. The molecule has 1 aliphatic heterocycles. The number of carbonyl (C=O) groups excluding carboxylic acids is 2. The Morgan fingerprint density at radius 1 is 1.27 bits per heavy atom. The summed E-state index contributed by atoms with van der Waals surface area (Å²) in [6.07, 6.45) is 1.72. The van der Waals surface area contributed by atoms with Gasteiger partial charge in [0.25, 0.3) is 5.91 Å². The van der Waals surface area contributed by atoms with E-state index in [1.54, 1.807) is 25.1 Å². The Morgan fingerprint density at radius 3 is 2.76 bits per heavy atom. The van der Waals surface area contributed by atoms with Gasteiger partial charge in [-0.2, -0.15) is 0 Å². The molecule has 2 N–H and O–H groups in total. The number of ether oxygens (including phenoxy) is 1. The second-order valence-corrected chi connectivity index (χ2v) is 8.01. The average molecular weight is 472 g/mol. The van der Waals surface area contributed by atoms with Gasteiger partial charge in [0.15, 0.2) is 17.4 Å². The predicted octanol–water partition coefficient (Wildman–Crippen LogP) is 4.38. The number of pyridine rings is 1. The number of aromatic nitrogens is 1. The molecule has 6 nitrogen and oxygen atoms in total. The molecular weight excluding hydrogens is 452 g/mol. The van der Waals surface area contributed by atoms with Crippen molar-refractivity contribution in [2.45, 2.75) is 20.0 Å². The summed E-state index contributed by atoms with van der Waals surface area (Å²) in [5.41, 5.74) is 7.91. The van der Waals surface area contributed by atoms with Crippen LogP contribution in [0.15, 0.2) is 42.6 Å². The standard InChI is InChI=1S/C24H20ClF2N3O3/c1-13-15(9-14-4-5-17(22(28)31)16(10-14)12-26)11-18-21(20(13)25)33-8-7-30(24(18)32)23-19(27)3-2-6-29-23/h2-6,10-11H,7-9,12H2,1H3,(H2,28,31). The lowest BCUT2D eigenvalue weighted by molar-refractivity contribution is 0.0983. The van der Waals surface area contributed by atoms with Crippen LogP contribution in [0.2, 0.25) is 5.02 Å². The van der Waals surface area contributed by atoms with E-state index >= 15 is 0 Å². The Labute approximate surface area is 193 Å². The quantitative estimate of drug-likeness (QED) is 0.598. The second-order valence-electron chi connectivity index (χ2n) is 7.63. The van der Waals surface area contributed by atoms with Crippen LogP contribution < -0.4 is 15.4 Å². The number of halogens is 3. The molecule has 0 saturated heterocycles. The van der Waals surface area contributed by atoms with Gasteiger partial charge in [-0.3, -0.25) is 14.5 Å². The molecule has 2 amide bonds. The minimum absolute atomic E-state index is 0.0909. The third kappa shape index (κ3) is 4.26. The normalized spacial score (nSPS) is 13.3. The van der Waals surface area contributed by atoms with Gasteiger partial charge in [-0.25, -0.2) is 13.8 Å². The van der Waals surface area contributed by atoms with Crippen LogP contribution in [0.1, 0.15) is 43.0 Å². The molecule has 0 aliphatic carbocycles. The third-order valence-corrected chi connectivity index (χ3v) is 6.03. The summed E-state index contributed by atoms with van der Waals surface area (Å²) in [6, 6.07) is 9.04. The number of hydrogen-bond acceptors (Lipinski definition) is 4. The molecule has 0 bridgehead atoms. The van der Waals surface area contributed by atoms with Crippen molar-refractivity contribution in [1.82, 2.24) is 4.98 Å². The van der Waals surface area contributed by atoms with E-state index in [4.69, 9.17) is 22.1 Å². The van der Waals surface area contributed by atoms with E-state index in [0.717, 1.165) is 0 Å². The topological polar surface area (TPSA) is 85.5 Å². The van der Waals surface area contributed by atoms with Crippen molar-refractivity contribution in [2.24, 2.45) is 5.73 Å². The molecule has 170 valence electrons. The number of primary amides is 1. The van der Waals surface area contributed by atoms with Gasteiger partial charge in [0.05, 0.1) is 17.1 Å². The molecule has 1 aromatic heterocycles. The minimum atomic E-state index is -0.840. The average Bonchev–Trinajstić information content (AvgIpc) is 2.96. The molecule has 4 rings (SSSR count). The van der Waals surface area contributed by atoms with Gasteiger partial charge < -0.3 is 10.5 Å². The molecule has 1 aliphatic rings. The van der Waals surface area contributed by atoms with Gasteiger partial charge in [-0.1, -0.05) is 23.7 Å². The van der Waals surface area contributed by atoms with Gasteiger partial charge in [0.2, 0.25) is 5.91 Å². The fraction of sp³-hybridized carbons (Fsp3) is 0.208. The van der Waals surface area contributed by atoms with Crippen molar-refractivity contribution in [3.63, 3.8) is 0 Å². The maximum atomic E-state index is 14.3. The number of hydrogen-bond donors (Lipinski definition) is 1. The highest BCUT2D eigenvalue weighted by Gasteiger charge is 2.30. The molecule has 2 heterocycles. The summed E-state index contributed by atoms with van der Waals surface area (Å²) in [7, 11) is 0. The van der Waals surface area contributed by atoms with E-state index in [1.165, 1.54) is 29.3 Å². The van der Waals surface area contributed by atoms with Gasteiger partial charge in [-0.05, 0) is 59.9 Å². The van der Waals surface area contributed by atoms with Crippen LogP contribution in [0, 0.1) is 12.7 Å². The first-order valence-corrected chi connectivity index (χ1v) is 10.5. The summed E-state index contributed by atoms with van der Waals surface area (Å²) in [5, 5.41) is 0.277. The molecule has 0 unspecified atom stereocenters. The van der Waals surface area contributed by atoms with E-state index in [2.05, 4.69) is 4.98 Å². The fourth-order valence-electron chi connectivity index (χ4n) is 3.85. The molecular formula is C24H20ClF2N3O3. The molecule has 0 radical (unpaired) electrons. The van der Waals surface area contributed by atoms with Crippen molar-refractivity contribution < 1.29 is 23.1 Å². The first-order chi connectivity index (χ1) is 15.8. The number of carbonyl (C=O) groups is 2. The maximum absolute atomic E-state index is 14.3. The zero-order chi connectivity index (χ0) is 23.7. The molecule has 33 heavy (non-hydrogen) atoms. The highest BCUT2D eigenvalue weighted by Crippen LogP contribution is 2.38. The van der Waals surface area contributed by atoms with Crippen molar-refractivity contribution in [2.75, 3.05) is 18.1 Å². The second kappa shape index (κ2) is 9.15. The van der Waals surface area contributed by atoms with E-state index in [-0.39, 0.29) is 46.4 Å². The largest absolute Gasteiger partial charge is 0.489 e. The first-order valence-electron chi connectivity index (χ1n) is 10.2. The number of nitrogens with zero attached hydrogens (tertiary/aromatic N) is 2. The molecule has 9 heteroatoms. The summed E-state index contributed by atoms with van der Waals surface area (Å²) in [6.45, 7) is 1.16. The highest BCUT2D eigenvalue weighted by atomic mass is 35.5. The van der Waals surface area contributed by atoms with Gasteiger partial charge >= 0.3 is 0 Å². The summed E-state index contributed by atoms with van der Waals surface area (Å²) in [4.78, 5) is 30.1. The van der Waals surface area contributed by atoms with Crippen LogP contribution in [-0.4, -0.2) is 29.9 Å². The summed E-state index contributed by atoms with van der Waals surface area (Å²) in [5.74, 6) is -1.68. The predicted molar refractivity (Wildman–Crippen MR) is 120 cm³/mol. The Kier molecular flexibility index (Phi) is 6.29. The van der Waals surface area contributed by atoms with Gasteiger partial charge in [0, 0.05) is 11.8 Å². The smallest absolute Gasteiger partial charge is 0.263 e. The minimum Gasteiger partial charge on any atom is -0.489 e. The van der Waals surface area contributed by atoms with E-state index in [9.17, 15) is 18.4 Å². The molecule has 0 fully saturated rings. The van der Waals surface area contributed by atoms with Crippen molar-refractivity contribution >= 4 is 29.2 Å².